The van der Waals surface area contributed by atoms with Crippen molar-refractivity contribution in [3.8, 4) is 0 Å². The van der Waals surface area contributed by atoms with Crippen molar-refractivity contribution in [2.45, 2.75) is 73.6 Å². The van der Waals surface area contributed by atoms with Crippen LogP contribution in [0.5, 0.6) is 0 Å². The second kappa shape index (κ2) is 12.2. The number of hydrogen-bond donors (Lipinski definition) is 0. The normalized spacial score (nSPS) is 15.3. The minimum atomic E-state index is -0.556. The molecule has 0 saturated carbocycles. The van der Waals surface area contributed by atoms with E-state index in [4.69, 9.17) is 18.6 Å². The number of hydrogen-bond acceptors (Lipinski definition) is 0. The van der Waals surface area contributed by atoms with Gasteiger partial charge in [0, 0.05) is 0 Å². The first-order valence-electron chi connectivity index (χ1n) is 10.2. The standard InChI is InChI=1S/C15H20P.C10H15.2ClH.Ti/c1-11(2)16(12(3)4)15-9-13-7-5-6-8-14(13)10-15;1-7-6-10(4,5)9(3)8(7)2;;;/h5-12H,1-4H3;1-5H3;2*1H;/q2*-1;;;+2/p-2. The molecule has 1 aliphatic carbocycles. The van der Waals surface area contributed by atoms with Crippen molar-refractivity contribution in [2.75, 3.05) is 0 Å². The van der Waals surface area contributed by atoms with Crippen LogP contribution in [0.25, 0.3) is 10.8 Å². The Morgan fingerprint density at radius 3 is 1.86 bits per heavy atom. The summed E-state index contributed by atoms with van der Waals surface area (Å²) in [5.74, 6) is 0. The first-order chi connectivity index (χ1) is 13.5. The molecule has 0 aliphatic heterocycles. The Morgan fingerprint density at radius 2 is 1.52 bits per heavy atom. The summed E-state index contributed by atoms with van der Waals surface area (Å²) in [6.45, 7) is 20.3. The van der Waals surface area contributed by atoms with Crippen LogP contribution in [0.3, 0.4) is 0 Å². The van der Waals surface area contributed by atoms with Crippen LogP contribution in [0.15, 0.2) is 53.1 Å². The fourth-order valence-corrected chi connectivity index (χ4v) is 6.84. The van der Waals surface area contributed by atoms with Gasteiger partial charge < -0.3 is 0 Å². The van der Waals surface area contributed by atoms with Crippen LogP contribution >= 0.6 is 26.5 Å². The van der Waals surface area contributed by atoms with E-state index in [1.807, 2.05) is 0 Å². The minimum absolute atomic E-state index is 0.0206. The quantitative estimate of drug-likeness (QED) is 0.231. The van der Waals surface area contributed by atoms with E-state index < -0.39 is 17.0 Å². The number of allylic oxidation sites excluding steroid dienone is 4. The van der Waals surface area contributed by atoms with E-state index in [9.17, 15) is 0 Å². The van der Waals surface area contributed by atoms with Crippen molar-refractivity contribution in [3.63, 3.8) is 0 Å². The summed E-state index contributed by atoms with van der Waals surface area (Å²) in [6, 6.07) is 13.5. The molecule has 0 radical (unpaired) electrons. The van der Waals surface area contributed by atoms with Gasteiger partial charge in [-0.05, 0) is 11.3 Å². The Kier molecular flexibility index (Phi) is 11.4. The van der Waals surface area contributed by atoms with E-state index in [0.29, 0.717) is 0 Å². The molecule has 160 valence electrons. The Morgan fingerprint density at radius 1 is 1.00 bits per heavy atom. The van der Waals surface area contributed by atoms with Gasteiger partial charge in [-0.2, -0.15) is 17.2 Å². The molecule has 0 aromatic heterocycles. The molecule has 0 heterocycles. The summed E-state index contributed by atoms with van der Waals surface area (Å²) in [4.78, 5) is 0. The molecule has 29 heavy (non-hydrogen) atoms. The van der Waals surface area contributed by atoms with Gasteiger partial charge in [0.05, 0.1) is 0 Å². The van der Waals surface area contributed by atoms with E-state index in [2.05, 4.69) is 105 Å². The van der Waals surface area contributed by atoms with E-state index >= 15 is 0 Å². The molecule has 0 unspecified atom stereocenters. The topological polar surface area (TPSA) is 0 Å². The monoisotopic (exact) mass is 484 g/mol. The Bertz CT molecular complexity index is 802. The molecule has 0 bridgehead atoms. The Balaban J connectivity index is 0.000000277. The summed E-state index contributed by atoms with van der Waals surface area (Å²) < 4.78 is 0. The van der Waals surface area contributed by atoms with Gasteiger partial charge in [-0.25, -0.2) is 5.57 Å². The van der Waals surface area contributed by atoms with Crippen molar-refractivity contribution in [1.82, 2.24) is 0 Å². The molecule has 2 aromatic carbocycles. The van der Waals surface area contributed by atoms with E-state index in [-0.39, 0.29) is 13.3 Å². The molecule has 2 aromatic rings. The molecule has 0 atom stereocenters. The zero-order valence-corrected chi connectivity index (χ0v) is 23.3. The van der Waals surface area contributed by atoms with Crippen LogP contribution in [0.1, 0.15) is 62.3 Å². The molecule has 0 spiro atoms. The van der Waals surface area contributed by atoms with Gasteiger partial charge >= 0.3 is 35.6 Å². The van der Waals surface area contributed by atoms with Gasteiger partial charge in [-0.3, -0.25) is 6.08 Å². The van der Waals surface area contributed by atoms with Gasteiger partial charge in [0.15, 0.2) is 0 Å². The second-order valence-corrected chi connectivity index (χ2v) is 14.6. The molecule has 1 aliphatic rings. The molecule has 0 fully saturated rings. The number of halogens is 2. The van der Waals surface area contributed by atoms with Crippen LogP contribution in [-0.2, 0) is 17.0 Å². The molecule has 3 rings (SSSR count). The molecule has 0 N–H and O–H groups in total. The van der Waals surface area contributed by atoms with Crippen molar-refractivity contribution in [2.24, 2.45) is 5.41 Å². The first kappa shape index (κ1) is 27.1. The first-order valence-corrected chi connectivity index (χ1v) is 15.9. The third kappa shape index (κ3) is 7.59. The van der Waals surface area contributed by atoms with Gasteiger partial charge in [0.25, 0.3) is 0 Å². The van der Waals surface area contributed by atoms with E-state index in [1.165, 1.54) is 27.5 Å². The molecular weight excluding hydrogens is 450 g/mol. The van der Waals surface area contributed by atoms with E-state index in [0.717, 1.165) is 11.3 Å². The fourth-order valence-electron chi connectivity index (χ4n) is 3.88. The average Bonchev–Trinajstić information content (AvgIpc) is 3.10. The van der Waals surface area contributed by atoms with Crippen LogP contribution in [0, 0.1) is 11.5 Å². The zero-order chi connectivity index (χ0) is 22.4. The predicted molar refractivity (Wildman–Crippen MR) is 133 cm³/mol. The number of benzene rings is 1. The third-order valence-corrected chi connectivity index (χ3v) is 8.66. The number of fused-ring (bicyclic) bond motifs is 1. The summed E-state index contributed by atoms with van der Waals surface area (Å²) in [7, 11) is 9.76. The zero-order valence-electron chi connectivity index (χ0n) is 19.3. The van der Waals surface area contributed by atoms with Crippen molar-refractivity contribution in [1.29, 1.82) is 0 Å². The van der Waals surface area contributed by atoms with Crippen LogP contribution in [-0.4, -0.2) is 11.3 Å². The average molecular weight is 485 g/mol. The molecule has 0 amide bonds. The summed E-state index contributed by atoms with van der Waals surface area (Å²) in [5.41, 5.74) is 5.94. The van der Waals surface area contributed by atoms with E-state index in [1.54, 1.807) is 5.30 Å². The van der Waals surface area contributed by atoms with Crippen LogP contribution in [0.2, 0.25) is 0 Å². The summed E-state index contributed by atoms with van der Waals surface area (Å²) in [5, 5.41) is 4.36. The maximum atomic E-state index is 4.89. The van der Waals surface area contributed by atoms with Crippen LogP contribution < -0.4 is 5.30 Å². The summed E-state index contributed by atoms with van der Waals surface area (Å²) >= 11 is -0.556. The predicted octanol–water partition coefficient (Wildman–Crippen LogP) is 8.97. The Hall–Kier alpha value is 0.0343. The van der Waals surface area contributed by atoms with Crippen LogP contribution in [0.4, 0.5) is 0 Å². The third-order valence-electron chi connectivity index (χ3n) is 5.58. The summed E-state index contributed by atoms with van der Waals surface area (Å²) in [6.07, 6.45) is 3.44. The van der Waals surface area contributed by atoms with Crippen molar-refractivity contribution in [3.05, 3.63) is 59.2 Å². The molecule has 0 nitrogen and oxygen atoms in total. The molecule has 4 heteroatoms. The van der Waals surface area contributed by atoms with Crippen molar-refractivity contribution >= 4 is 42.6 Å². The fraction of sp³-hybridized carbons (Fsp3) is 0.480. The number of rotatable bonds is 3. The molecular formula is C25H35Cl2PTi-2. The SMILES string of the molecule is CC(C)P(c1cc2ccccc2[cH-]1)C(C)C.CC1=[C-]C(C)(C)C(C)=C1C.[Cl][Ti][Cl]. The Labute approximate surface area is 196 Å². The van der Waals surface area contributed by atoms with Gasteiger partial charge in [-0.15, -0.1) is 47.3 Å². The maximum absolute atomic E-state index is 4.89. The molecule has 0 saturated heterocycles. The second-order valence-electron chi connectivity index (χ2n) is 8.63. The van der Waals surface area contributed by atoms with Gasteiger partial charge in [0.1, 0.15) is 0 Å². The van der Waals surface area contributed by atoms with Crippen molar-refractivity contribution < 1.29 is 17.0 Å². The van der Waals surface area contributed by atoms with Gasteiger partial charge in [0.2, 0.25) is 0 Å². The van der Waals surface area contributed by atoms with Gasteiger partial charge in [-0.1, -0.05) is 74.8 Å².